The van der Waals surface area contributed by atoms with Crippen molar-refractivity contribution in [2.45, 2.75) is 57.2 Å². The molecule has 2 aliphatic rings. The van der Waals surface area contributed by atoms with E-state index in [0.29, 0.717) is 0 Å². The Morgan fingerprint density at radius 3 is 2.48 bits per heavy atom. The van der Waals surface area contributed by atoms with E-state index in [-0.39, 0.29) is 12.0 Å². The SMILES string of the molecule is COc1ccc([C@H]2[C@@H]3CCCC[C@]3(O)CC[NH+]2Cc2ccc(C)cc2)cc1OC. The Labute approximate surface area is 174 Å². The molecule has 2 N–H and O–H groups in total. The molecule has 0 amide bonds. The minimum atomic E-state index is -0.535. The lowest BCUT2D eigenvalue weighted by Crippen LogP contribution is -3.13. The number of methoxy groups -OCH3 is 2. The van der Waals surface area contributed by atoms with Gasteiger partial charge in [-0.05, 0) is 38.0 Å². The van der Waals surface area contributed by atoms with Crippen LogP contribution in [-0.2, 0) is 6.54 Å². The van der Waals surface area contributed by atoms with Crippen LogP contribution in [0.15, 0.2) is 42.5 Å². The van der Waals surface area contributed by atoms with Crippen molar-refractivity contribution in [1.29, 1.82) is 0 Å². The molecule has 0 radical (unpaired) electrons. The number of benzene rings is 2. The van der Waals surface area contributed by atoms with E-state index in [4.69, 9.17) is 9.47 Å². The lowest BCUT2D eigenvalue weighted by atomic mass is 9.66. The summed E-state index contributed by atoms with van der Waals surface area (Å²) in [6, 6.07) is 15.4. The largest absolute Gasteiger partial charge is 0.493 e. The summed E-state index contributed by atoms with van der Waals surface area (Å²) in [6.07, 6.45) is 5.25. The second kappa shape index (κ2) is 8.37. The molecule has 1 unspecified atom stereocenters. The summed E-state index contributed by atoms with van der Waals surface area (Å²) in [6.45, 7) is 4.10. The maximum atomic E-state index is 11.5. The minimum Gasteiger partial charge on any atom is -0.493 e. The third kappa shape index (κ3) is 4.01. The minimum absolute atomic E-state index is 0.259. The highest BCUT2D eigenvalue weighted by Gasteiger charge is 2.51. The van der Waals surface area contributed by atoms with Gasteiger partial charge >= 0.3 is 0 Å². The molecule has 4 heteroatoms. The Morgan fingerprint density at radius 2 is 1.76 bits per heavy atom. The van der Waals surface area contributed by atoms with Crippen molar-refractivity contribution in [3.05, 3.63) is 59.2 Å². The zero-order valence-corrected chi connectivity index (χ0v) is 17.9. The molecule has 2 fully saturated rings. The second-order valence-electron chi connectivity index (χ2n) is 8.87. The van der Waals surface area contributed by atoms with Gasteiger partial charge in [0.2, 0.25) is 0 Å². The topological polar surface area (TPSA) is 43.1 Å². The van der Waals surface area contributed by atoms with Crippen LogP contribution >= 0.6 is 0 Å². The monoisotopic (exact) mass is 396 g/mol. The summed E-state index contributed by atoms with van der Waals surface area (Å²) in [5.41, 5.74) is 3.36. The fourth-order valence-corrected chi connectivity index (χ4v) is 5.53. The lowest BCUT2D eigenvalue weighted by molar-refractivity contribution is -0.958. The van der Waals surface area contributed by atoms with Crippen molar-refractivity contribution in [2.75, 3.05) is 20.8 Å². The van der Waals surface area contributed by atoms with Gasteiger partial charge in [-0.2, -0.15) is 0 Å². The number of nitrogens with one attached hydrogen (secondary N) is 1. The van der Waals surface area contributed by atoms with E-state index in [2.05, 4.69) is 43.3 Å². The number of ether oxygens (including phenoxy) is 2. The Kier molecular flexibility index (Phi) is 5.84. The van der Waals surface area contributed by atoms with E-state index in [1.165, 1.54) is 28.0 Å². The molecular weight excluding hydrogens is 362 g/mol. The van der Waals surface area contributed by atoms with E-state index in [1.54, 1.807) is 14.2 Å². The molecule has 0 aromatic heterocycles. The number of hydrogen-bond acceptors (Lipinski definition) is 3. The Morgan fingerprint density at radius 1 is 1.00 bits per heavy atom. The standard InChI is InChI=1S/C25H33NO3/c1-18-7-9-19(10-8-18)17-26-15-14-25(27)13-5-4-6-21(25)24(26)20-11-12-22(28-2)23(16-20)29-3/h7-12,16,21,24,27H,4-6,13-15,17H2,1-3H3/p+1/t21-,24-,25-/m0/s1. The van der Waals surface area contributed by atoms with Gasteiger partial charge in [-0.15, -0.1) is 0 Å². The molecule has 0 bridgehead atoms. The maximum absolute atomic E-state index is 11.5. The molecule has 156 valence electrons. The molecule has 1 saturated heterocycles. The van der Waals surface area contributed by atoms with Gasteiger partial charge in [0.25, 0.3) is 0 Å². The number of likely N-dealkylation sites (tertiary alicyclic amines) is 1. The maximum Gasteiger partial charge on any atom is 0.161 e. The van der Waals surface area contributed by atoms with Gasteiger partial charge in [0.05, 0.1) is 26.4 Å². The van der Waals surface area contributed by atoms with Crippen molar-refractivity contribution in [1.82, 2.24) is 0 Å². The van der Waals surface area contributed by atoms with Gasteiger partial charge in [0, 0.05) is 23.5 Å². The van der Waals surface area contributed by atoms with Crippen LogP contribution in [0.25, 0.3) is 0 Å². The molecule has 1 heterocycles. The van der Waals surface area contributed by atoms with Crippen molar-refractivity contribution in [2.24, 2.45) is 5.92 Å². The van der Waals surface area contributed by atoms with Gasteiger partial charge in [0.15, 0.2) is 11.5 Å². The van der Waals surface area contributed by atoms with Crippen molar-refractivity contribution >= 4 is 0 Å². The molecule has 29 heavy (non-hydrogen) atoms. The number of quaternary nitrogens is 1. The van der Waals surface area contributed by atoms with Crippen LogP contribution in [-0.4, -0.2) is 31.5 Å². The number of hydrogen-bond donors (Lipinski definition) is 2. The molecule has 4 atom stereocenters. The van der Waals surface area contributed by atoms with Gasteiger partial charge in [-0.1, -0.05) is 42.7 Å². The summed E-state index contributed by atoms with van der Waals surface area (Å²) in [5, 5.41) is 11.5. The highest BCUT2D eigenvalue weighted by molar-refractivity contribution is 5.43. The quantitative estimate of drug-likeness (QED) is 0.813. The summed E-state index contributed by atoms with van der Waals surface area (Å²) in [5.74, 6) is 1.80. The molecule has 1 aliphatic heterocycles. The van der Waals surface area contributed by atoms with Crippen LogP contribution in [0, 0.1) is 12.8 Å². The van der Waals surface area contributed by atoms with Crippen LogP contribution in [0.2, 0.25) is 0 Å². The Bertz CT molecular complexity index is 834. The second-order valence-corrected chi connectivity index (χ2v) is 8.87. The highest BCUT2D eigenvalue weighted by Crippen LogP contribution is 2.45. The molecule has 4 rings (SSSR count). The molecular formula is C25H34NO3+. The first-order valence-corrected chi connectivity index (χ1v) is 10.9. The highest BCUT2D eigenvalue weighted by atomic mass is 16.5. The predicted octanol–water partition coefficient (Wildman–Crippen LogP) is 3.46. The van der Waals surface area contributed by atoms with E-state index >= 15 is 0 Å². The molecule has 4 nitrogen and oxygen atoms in total. The predicted molar refractivity (Wildman–Crippen MR) is 115 cm³/mol. The molecule has 0 spiro atoms. The molecule has 2 aromatic rings. The Hall–Kier alpha value is -2.04. The first kappa shape index (κ1) is 20.2. The number of piperidine rings is 1. The van der Waals surface area contributed by atoms with Gasteiger partial charge in [-0.25, -0.2) is 0 Å². The Balaban J connectivity index is 1.71. The average Bonchev–Trinajstić information content (AvgIpc) is 2.74. The number of aryl methyl sites for hydroxylation is 1. The number of aliphatic hydroxyl groups is 1. The van der Waals surface area contributed by atoms with Crippen molar-refractivity contribution in [3.63, 3.8) is 0 Å². The third-order valence-electron chi connectivity index (χ3n) is 7.10. The van der Waals surface area contributed by atoms with Crippen LogP contribution in [0.1, 0.15) is 54.8 Å². The van der Waals surface area contributed by atoms with Gasteiger partial charge in [0.1, 0.15) is 12.6 Å². The van der Waals surface area contributed by atoms with Crippen LogP contribution in [0.4, 0.5) is 0 Å². The fourth-order valence-electron chi connectivity index (χ4n) is 5.53. The van der Waals surface area contributed by atoms with E-state index in [9.17, 15) is 5.11 Å². The number of rotatable bonds is 5. The van der Waals surface area contributed by atoms with Crippen LogP contribution < -0.4 is 14.4 Å². The van der Waals surface area contributed by atoms with Gasteiger partial charge < -0.3 is 19.5 Å². The fraction of sp³-hybridized carbons (Fsp3) is 0.520. The first-order valence-electron chi connectivity index (χ1n) is 10.9. The lowest BCUT2D eigenvalue weighted by Gasteiger charge is -2.50. The van der Waals surface area contributed by atoms with Gasteiger partial charge in [-0.3, -0.25) is 0 Å². The van der Waals surface area contributed by atoms with Crippen LogP contribution in [0.3, 0.4) is 0 Å². The summed E-state index contributed by atoms with van der Waals surface area (Å²) in [7, 11) is 3.36. The van der Waals surface area contributed by atoms with E-state index in [0.717, 1.165) is 50.3 Å². The van der Waals surface area contributed by atoms with Crippen molar-refractivity contribution < 1.29 is 19.5 Å². The van der Waals surface area contributed by atoms with Crippen molar-refractivity contribution in [3.8, 4) is 11.5 Å². The average molecular weight is 397 g/mol. The zero-order valence-electron chi connectivity index (χ0n) is 17.9. The summed E-state index contributed by atoms with van der Waals surface area (Å²) < 4.78 is 11.1. The zero-order chi connectivity index (χ0) is 20.4. The first-order chi connectivity index (χ1) is 14.0. The van der Waals surface area contributed by atoms with Crippen LogP contribution in [0.5, 0.6) is 11.5 Å². The normalized spacial score (nSPS) is 29.2. The number of fused-ring (bicyclic) bond motifs is 1. The molecule has 2 aromatic carbocycles. The summed E-state index contributed by atoms with van der Waals surface area (Å²) in [4.78, 5) is 1.54. The van der Waals surface area contributed by atoms with E-state index in [1.807, 2.05) is 6.07 Å². The van der Waals surface area contributed by atoms with E-state index < -0.39 is 5.60 Å². The molecule has 1 aliphatic carbocycles. The smallest absolute Gasteiger partial charge is 0.161 e. The third-order valence-corrected chi connectivity index (χ3v) is 7.10. The summed E-state index contributed by atoms with van der Waals surface area (Å²) >= 11 is 0. The molecule has 1 saturated carbocycles.